The van der Waals surface area contributed by atoms with Crippen LogP contribution in [0.5, 0.6) is 0 Å². The van der Waals surface area contributed by atoms with Crippen molar-refractivity contribution >= 4 is 5.91 Å². The Balaban J connectivity index is 1.74. The van der Waals surface area contributed by atoms with Crippen LogP contribution in [0.3, 0.4) is 0 Å². The van der Waals surface area contributed by atoms with Crippen molar-refractivity contribution in [1.29, 1.82) is 0 Å². The molecule has 0 aromatic rings. The molecule has 6 nitrogen and oxygen atoms in total. The summed E-state index contributed by atoms with van der Waals surface area (Å²) in [5, 5.41) is 10.4. The molecule has 0 unspecified atom stereocenters. The van der Waals surface area contributed by atoms with E-state index >= 15 is 0 Å². The molecular formula is C25H40FN5O. The van der Waals surface area contributed by atoms with Gasteiger partial charge in [-0.15, -0.1) is 9.60 Å². The first kappa shape index (κ1) is 26.0. The molecule has 0 spiro atoms. The molecule has 0 aromatic heterocycles. The number of rotatable bonds is 13. The number of piperazine rings is 1. The van der Waals surface area contributed by atoms with E-state index in [1.807, 2.05) is 32.2 Å². The third-order valence-electron chi connectivity index (χ3n) is 5.74. The van der Waals surface area contributed by atoms with Crippen molar-refractivity contribution in [2.24, 2.45) is 0 Å². The van der Waals surface area contributed by atoms with Crippen LogP contribution in [-0.2, 0) is 4.79 Å². The van der Waals surface area contributed by atoms with E-state index in [1.165, 1.54) is 11.1 Å². The molecule has 178 valence electrons. The molecule has 0 atom stereocenters. The fraction of sp³-hybridized carbons (Fsp3) is 0.560. The topological polar surface area (TPSA) is 59.6 Å². The van der Waals surface area contributed by atoms with Crippen LogP contribution < -0.4 is 16.0 Å². The summed E-state index contributed by atoms with van der Waals surface area (Å²) in [6, 6.07) is 0. The van der Waals surface area contributed by atoms with Crippen molar-refractivity contribution in [2.75, 3.05) is 59.4 Å². The number of hydrogen-bond acceptors (Lipinski definition) is 5. The lowest BCUT2D eigenvalue weighted by molar-refractivity contribution is -0.120. The van der Waals surface area contributed by atoms with E-state index in [-0.39, 0.29) is 5.91 Å². The minimum absolute atomic E-state index is 0.00394. The van der Waals surface area contributed by atoms with Gasteiger partial charge in [0.15, 0.2) is 0 Å². The summed E-state index contributed by atoms with van der Waals surface area (Å²) in [5.74, 6) is 0.00394. The molecule has 2 aliphatic rings. The first-order chi connectivity index (χ1) is 15.5. The molecule has 1 fully saturated rings. The summed E-state index contributed by atoms with van der Waals surface area (Å²) in [6.45, 7) is 11.4. The number of carbonyl (C=O) groups is 1. The maximum Gasteiger partial charge on any atom is 0.223 e. The van der Waals surface area contributed by atoms with E-state index < -0.39 is 0 Å². The Labute approximate surface area is 192 Å². The molecule has 32 heavy (non-hydrogen) atoms. The standard InChI is InChI=1S/C25H40FN5O/c1-4-6-23(9-10-25(32)28-13-14-30-15-17-31(26)18-16-30)20-29-21(2)24-8-5-7-22(19-24)11-12-27-3/h4,6-7,9,19,27,29H,2,5,8,10-18,20H2,1,3H3,(H,28,32)/b6-4-,23-9+. The molecule has 0 saturated carbocycles. The van der Waals surface area contributed by atoms with Crippen LogP contribution in [0.25, 0.3) is 0 Å². The van der Waals surface area contributed by atoms with Gasteiger partial charge in [-0.3, -0.25) is 9.69 Å². The number of carbonyl (C=O) groups excluding carboxylic acids is 1. The van der Waals surface area contributed by atoms with Crippen LogP contribution >= 0.6 is 0 Å². The number of allylic oxidation sites excluding steroid dienone is 4. The molecule has 1 heterocycles. The third-order valence-corrected chi connectivity index (χ3v) is 5.74. The lowest BCUT2D eigenvalue weighted by Crippen LogP contribution is -2.45. The Kier molecular flexibility index (Phi) is 12.0. The largest absolute Gasteiger partial charge is 0.381 e. The molecular weight excluding hydrogens is 405 g/mol. The summed E-state index contributed by atoms with van der Waals surface area (Å²) < 4.78 is 13.0. The zero-order valence-electron chi connectivity index (χ0n) is 19.8. The van der Waals surface area contributed by atoms with E-state index in [1.54, 1.807) is 0 Å². The molecule has 1 aliphatic heterocycles. The van der Waals surface area contributed by atoms with Gasteiger partial charge in [0.2, 0.25) is 5.91 Å². The monoisotopic (exact) mass is 445 g/mol. The molecule has 1 saturated heterocycles. The summed E-state index contributed by atoms with van der Waals surface area (Å²) in [6.07, 6.45) is 13.9. The zero-order chi connectivity index (χ0) is 23.2. The maximum atomic E-state index is 13.0. The second-order valence-electron chi connectivity index (χ2n) is 8.26. The predicted octanol–water partition coefficient (Wildman–Crippen LogP) is 2.86. The Morgan fingerprint density at radius 3 is 2.72 bits per heavy atom. The minimum atomic E-state index is 0.00394. The Hall–Kier alpha value is -2.22. The average molecular weight is 446 g/mol. The summed E-state index contributed by atoms with van der Waals surface area (Å²) >= 11 is 0. The number of hydrogen-bond donors (Lipinski definition) is 3. The zero-order valence-corrected chi connectivity index (χ0v) is 19.8. The van der Waals surface area contributed by atoms with Gasteiger partial charge in [0.05, 0.1) is 0 Å². The van der Waals surface area contributed by atoms with Crippen LogP contribution in [0.1, 0.15) is 32.6 Å². The van der Waals surface area contributed by atoms with Gasteiger partial charge >= 0.3 is 0 Å². The van der Waals surface area contributed by atoms with Crippen molar-refractivity contribution in [3.05, 3.63) is 59.4 Å². The van der Waals surface area contributed by atoms with Crippen molar-refractivity contribution in [3.8, 4) is 0 Å². The van der Waals surface area contributed by atoms with Crippen LogP contribution in [0.2, 0.25) is 0 Å². The van der Waals surface area contributed by atoms with Crippen molar-refractivity contribution in [3.63, 3.8) is 0 Å². The highest BCUT2D eigenvalue weighted by Crippen LogP contribution is 2.23. The van der Waals surface area contributed by atoms with Gasteiger partial charge in [-0.25, -0.2) is 0 Å². The normalized spacial score (nSPS) is 18.4. The van der Waals surface area contributed by atoms with E-state index in [4.69, 9.17) is 0 Å². The molecule has 0 aromatic carbocycles. The van der Waals surface area contributed by atoms with Crippen molar-refractivity contribution in [1.82, 2.24) is 26.0 Å². The van der Waals surface area contributed by atoms with Crippen LogP contribution in [0.15, 0.2) is 59.4 Å². The van der Waals surface area contributed by atoms with E-state index in [2.05, 4.69) is 39.6 Å². The first-order valence-electron chi connectivity index (χ1n) is 11.7. The third kappa shape index (κ3) is 9.94. The summed E-state index contributed by atoms with van der Waals surface area (Å²) in [4.78, 5) is 14.4. The van der Waals surface area contributed by atoms with Crippen molar-refractivity contribution < 1.29 is 9.28 Å². The molecule has 1 amide bonds. The fourth-order valence-corrected chi connectivity index (χ4v) is 3.78. The molecule has 0 bridgehead atoms. The van der Waals surface area contributed by atoms with Crippen LogP contribution in [-0.4, -0.2) is 75.3 Å². The molecule has 7 heteroatoms. The van der Waals surface area contributed by atoms with Gasteiger partial charge in [0, 0.05) is 57.9 Å². The second-order valence-corrected chi connectivity index (χ2v) is 8.26. The highest BCUT2D eigenvalue weighted by Gasteiger charge is 2.15. The van der Waals surface area contributed by atoms with Gasteiger partial charge in [0.1, 0.15) is 0 Å². The van der Waals surface area contributed by atoms with E-state index in [0.717, 1.165) is 48.7 Å². The van der Waals surface area contributed by atoms with Gasteiger partial charge < -0.3 is 16.0 Å². The number of nitrogens with zero attached hydrogens (tertiary/aromatic N) is 2. The quantitative estimate of drug-likeness (QED) is 0.301. The highest BCUT2D eigenvalue weighted by atomic mass is 19.2. The average Bonchev–Trinajstić information content (AvgIpc) is 2.80. The van der Waals surface area contributed by atoms with Crippen LogP contribution in [0, 0.1) is 0 Å². The molecule has 0 radical (unpaired) electrons. The number of amides is 1. The van der Waals surface area contributed by atoms with Gasteiger partial charge in [-0.1, -0.05) is 42.5 Å². The molecule has 1 aliphatic carbocycles. The SMILES string of the molecule is C=C(NCC(/C=C\C)=C/CC(=O)NCCN1CCN(F)CC1)C1=CC(CCNC)=CCC1. The Morgan fingerprint density at radius 2 is 2.00 bits per heavy atom. The lowest BCUT2D eigenvalue weighted by atomic mass is 9.95. The first-order valence-corrected chi connectivity index (χ1v) is 11.7. The number of halogens is 1. The minimum Gasteiger partial charge on any atom is -0.381 e. The van der Waals surface area contributed by atoms with E-state index in [0.29, 0.717) is 45.7 Å². The summed E-state index contributed by atoms with van der Waals surface area (Å²) in [5.41, 5.74) is 4.62. The Bertz CT molecular complexity index is 733. The van der Waals surface area contributed by atoms with E-state index in [9.17, 15) is 9.28 Å². The van der Waals surface area contributed by atoms with Crippen LogP contribution in [0.4, 0.5) is 4.48 Å². The van der Waals surface area contributed by atoms with Crippen molar-refractivity contribution in [2.45, 2.75) is 32.6 Å². The molecule has 2 rings (SSSR count). The maximum absolute atomic E-state index is 13.0. The second kappa shape index (κ2) is 14.8. The van der Waals surface area contributed by atoms with Gasteiger partial charge in [0.25, 0.3) is 0 Å². The number of nitrogens with one attached hydrogen (secondary N) is 3. The van der Waals surface area contributed by atoms with Gasteiger partial charge in [-0.2, -0.15) is 0 Å². The lowest BCUT2D eigenvalue weighted by Gasteiger charge is -2.29. The molecule has 3 N–H and O–H groups in total. The van der Waals surface area contributed by atoms with Gasteiger partial charge in [-0.05, 0) is 50.9 Å². The predicted molar refractivity (Wildman–Crippen MR) is 131 cm³/mol. The Morgan fingerprint density at radius 1 is 1.22 bits per heavy atom. The smallest absolute Gasteiger partial charge is 0.223 e. The highest BCUT2D eigenvalue weighted by molar-refractivity contribution is 5.77. The fourth-order valence-electron chi connectivity index (χ4n) is 3.78. The summed E-state index contributed by atoms with van der Waals surface area (Å²) in [7, 11) is 1.97.